The van der Waals surface area contributed by atoms with Gasteiger partial charge in [0.05, 0.1) is 16.3 Å². The second-order valence-corrected chi connectivity index (χ2v) is 5.23. The van der Waals surface area contributed by atoms with E-state index in [0.29, 0.717) is 17.2 Å². The van der Waals surface area contributed by atoms with Crippen LogP contribution in [-0.2, 0) is 6.54 Å². The summed E-state index contributed by atoms with van der Waals surface area (Å²) in [6.07, 6.45) is 1.41. The molecular weight excluding hydrogens is 276 g/mol. The van der Waals surface area contributed by atoms with Gasteiger partial charge in [-0.05, 0) is 18.6 Å². The molecule has 1 amide bonds. The summed E-state index contributed by atoms with van der Waals surface area (Å²) < 4.78 is 0. The second kappa shape index (κ2) is 6.32. The van der Waals surface area contributed by atoms with Crippen molar-refractivity contribution in [3.8, 4) is 11.8 Å². The molecule has 2 aromatic rings. The fourth-order valence-corrected chi connectivity index (χ4v) is 2.66. The smallest absolute Gasteiger partial charge is 0.264 e. The van der Waals surface area contributed by atoms with Crippen LogP contribution in [0.5, 0.6) is 0 Å². The second-order valence-electron chi connectivity index (χ2n) is 4.18. The molecule has 0 bridgehead atoms. The minimum Gasteiger partial charge on any atom is -0.384 e. The minimum absolute atomic E-state index is 0.0912. The van der Waals surface area contributed by atoms with Crippen LogP contribution >= 0.6 is 11.3 Å². The minimum atomic E-state index is -0.188. The highest BCUT2D eigenvalue weighted by Crippen LogP contribution is 2.22. The number of hydrogen-bond donors (Lipinski definition) is 2. The van der Waals surface area contributed by atoms with E-state index in [-0.39, 0.29) is 12.5 Å². The zero-order valence-corrected chi connectivity index (χ0v) is 12.0. The predicted octanol–water partition coefficient (Wildman–Crippen LogP) is 0.791. The molecule has 0 aromatic carbocycles. The van der Waals surface area contributed by atoms with Crippen molar-refractivity contribution in [2.45, 2.75) is 13.5 Å². The number of thiophene rings is 1. The molecule has 20 heavy (non-hydrogen) atoms. The molecule has 104 valence electrons. The van der Waals surface area contributed by atoms with Gasteiger partial charge in [-0.3, -0.25) is 9.89 Å². The van der Waals surface area contributed by atoms with Gasteiger partial charge < -0.3 is 10.0 Å². The van der Waals surface area contributed by atoms with E-state index >= 15 is 0 Å². The number of aliphatic hydroxyl groups is 1. The van der Waals surface area contributed by atoms with Crippen molar-refractivity contribution in [2.75, 3.05) is 13.7 Å². The lowest BCUT2D eigenvalue weighted by Crippen LogP contribution is -2.26. The molecular formula is C13H14N4O2S. The fraction of sp³-hybridized carbons (Fsp3) is 0.308. The van der Waals surface area contributed by atoms with Gasteiger partial charge in [0.15, 0.2) is 0 Å². The fourth-order valence-electron chi connectivity index (χ4n) is 1.62. The summed E-state index contributed by atoms with van der Waals surface area (Å²) in [4.78, 5) is 19.3. The number of H-pyrrole nitrogens is 1. The van der Waals surface area contributed by atoms with Crippen molar-refractivity contribution in [1.29, 1.82) is 0 Å². The van der Waals surface area contributed by atoms with Gasteiger partial charge in [-0.15, -0.1) is 11.3 Å². The number of carbonyl (C=O) groups is 1. The molecule has 0 saturated heterocycles. The first-order valence-electron chi connectivity index (χ1n) is 5.91. The molecule has 2 N–H and O–H groups in total. The Bertz CT molecular complexity index is 652. The van der Waals surface area contributed by atoms with E-state index in [1.807, 2.05) is 13.0 Å². The zero-order valence-electron chi connectivity index (χ0n) is 11.2. The number of aryl methyl sites for hydroxylation is 1. The highest BCUT2D eigenvalue weighted by atomic mass is 32.1. The van der Waals surface area contributed by atoms with Gasteiger partial charge in [0.25, 0.3) is 5.91 Å². The van der Waals surface area contributed by atoms with Crippen LogP contribution in [0, 0.1) is 18.8 Å². The average molecular weight is 290 g/mol. The Balaban J connectivity index is 2.12. The molecule has 0 aliphatic rings. The van der Waals surface area contributed by atoms with Gasteiger partial charge in [-0.1, -0.05) is 11.8 Å². The molecule has 0 unspecified atom stereocenters. The molecule has 2 aromatic heterocycles. The average Bonchev–Trinajstić information content (AvgIpc) is 3.05. The Hall–Kier alpha value is -2.17. The normalized spacial score (nSPS) is 9.95. The standard InChI is InChI=1S/C13H14N4O2S/c1-9-6-11(20-10(9)4-3-5-18)13(19)17(2)7-12-14-8-15-16-12/h6,8,18H,5,7H2,1-2H3,(H,14,15,16). The summed E-state index contributed by atoms with van der Waals surface area (Å²) >= 11 is 1.33. The number of aromatic nitrogens is 3. The van der Waals surface area contributed by atoms with Crippen molar-refractivity contribution in [1.82, 2.24) is 20.1 Å². The van der Waals surface area contributed by atoms with Crippen LogP contribution < -0.4 is 0 Å². The van der Waals surface area contributed by atoms with E-state index < -0.39 is 0 Å². The lowest BCUT2D eigenvalue weighted by Gasteiger charge is -2.13. The van der Waals surface area contributed by atoms with E-state index in [1.165, 1.54) is 17.7 Å². The Labute approximate surface area is 120 Å². The quantitative estimate of drug-likeness (QED) is 0.819. The van der Waals surface area contributed by atoms with E-state index in [1.54, 1.807) is 11.9 Å². The van der Waals surface area contributed by atoms with Crippen LogP contribution in [0.2, 0.25) is 0 Å². The number of carbonyl (C=O) groups excluding carboxylic acids is 1. The molecule has 7 heteroatoms. The van der Waals surface area contributed by atoms with Crippen molar-refractivity contribution in [3.05, 3.63) is 33.5 Å². The molecule has 0 fully saturated rings. The molecule has 6 nitrogen and oxygen atoms in total. The number of aliphatic hydroxyl groups excluding tert-OH is 1. The number of rotatable bonds is 3. The number of nitrogens with zero attached hydrogens (tertiary/aromatic N) is 3. The first-order chi connectivity index (χ1) is 9.61. The van der Waals surface area contributed by atoms with Crippen LogP contribution in [0.15, 0.2) is 12.4 Å². The van der Waals surface area contributed by atoms with Gasteiger partial charge in [0.1, 0.15) is 18.8 Å². The summed E-state index contributed by atoms with van der Waals surface area (Å²) in [6, 6.07) is 1.81. The third-order valence-electron chi connectivity index (χ3n) is 2.61. The van der Waals surface area contributed by atoms with Gasteiger partial charge in [-0.25, -0.2) is 4.98 Å². The summed E-state index contributed by atoms with van der Waals surface area (Å²) in [5, 5.41) is 15.2. The van der Waals surface area contributed by atoms with Crippen LogP contribution in [0.1, 0.15) is 25.9 Å². The molecule has 0 aliphatic heterocycles. The predicted molar refractivity (Wildman–Crippen MR) is 75.2 cm³/mol. The molecule has 0 aliphatic carbocycles. The zero-order chi connectivity index (χ0) is 14.5. The Morgan fingerprint density at radius 1 is 1.60 bits per heavy atom. The van der Waals surface area contributed by atoms with Crippen molar-refractivity contribution in [2.24, 2.45) is 0 Å². The summed E-state index contributed by atoms with van der Waals surface area (Å²) in [6.45, 7) is 2.07. The first kappa shape index (κ1) is 14.2. The third kappa shape index (κ3) is 3.23. The summed E-state index contributed by atoms with van der Waals surface area (Å²) in [5.41, 5.74) is 0.937. The van der Waals surface area contributed by atoms with Gasteiger partial charge in [-0.2, -0.15) is 5.10 Å². The van der Waals surface area contributed by atoms with Crippen LogP contribution in [-0.4, -0.2) is 44.7 Å². The van der Waals surface area contributed by atoms with Gasteiger partial charge in [0, 0.05) is 7.05 Å². The van der Waals surface area contributed by atoms with Gasteiger partial charge >= 0.3 is 0 Å². The maximum absolute atomic E-state index is 12.3. The van der Waals surface area contributed by atoms with Crippen LogP contribution in [0.25, 0.3) is 0 Å². The van der Waals surface area contributed by atoms with E-state index in [0.717, 1.165) is 10.4 Å². The van der Waals surface area contributed by atoms with E-state index in [9.17, 15) is 4.79 Å². The maximum Gasteiger partial charge on any atom is 0.264 e. The molecule has 0 atom stereocenters. The Morgan fingerprint density at radius 2 is 2.40 bits per heavy atom. The SMILES string of the molecule is Cc1cc(C(=O)N(C)Cc2ncn[nH]2)sc1C#CCO. The van der Waals surface area contributed by atoms with E-state index in [4.69, 9.17) is 5.11 Å². The largest absolute Gasteiger partial charge is 0.384 e. The Morgan fingerprint density at radius 3 is 3.05 bits per heavy atom. The van der Waals surface area contributed by atoms with Gasteiger partial charge in [0.2, 0.25) is 0 Å². The first-order valence-corrected chi connectivity index (χ1v) is 6.73. The number of amides is 1. The Kier molecular flexibility index (Phi) is 4.50. The lowest BCUT2D eigenvalue weighted by molar-refractivity contribution is 0.0786. The number of hydrogen-bond acceptors (Lipinski definition) is 5. The van der Waals surface area contributed by atoms with Crippen molar-refractivity contribution < 1.29 is 9.90 Å². The highest BCUT2D eigenvalue weighted by Gasteiger charge is 2.16. The lowest BCUT2D eigenvalue weighted by atomic mass is 10.2. The van der Waals surface area contributed by atoms with Crippen LogP contribution in [0.3, 0.4) is 0 Å². The number of nitrogens with one attached hydrogen (secondary N) is 1. The number of aromatic amines is 1. The van der Waals surface area contributed by atoms with E-state index in [2.05, 4.69) is 27.0 Å². The highest BCUT2D eigenvalue weighted by molar-refractivity contribution is 7.14. The summed E-state index contributed by atoms with van der Waals surface area (Å²) in [7, 11) is 1.71. The molecule has 0 saturated carbocycles. The van der Waals surface area contributed by atoms with Crippen LogP contribution in [0.4, 0.5) is 0 Å². The topological polar surface area (TPSA) is 82.1 Å². The third-order valence-corrected chi connectivity index (χ3v) is 3.75. The maximum atomic E-state index is 12.3. The molecule has 0 radical (unpaired) electrons. The molecule has 2 rings (SSSR count). The van der Waals surface area contributed by atoms with Crippen molar-refractivity contribution in [3.63, 3.8) is 0 Å². The molecule has 0 spiro atoms. The van der Waals surface area contributed by atoms with Crippen molar-refractivity contribution >= 4 is 17.2 Å². The monoisotopic (exact) mass is 290 g/mol. The summed E-state index contributed by atoms with van der Waals surface area (Å²) in [5.74, 6) is 5.98. The molecule has 2 heterocycles.